The third-order valence-corrected chi connectivity index (χ3v) is 1.48. The van der Waals surface area contributed by atoms with Crippen LogP contribution in [-0.2, 0) is 4.79 Å². The number of hydrogen-bond acceptors (Lipinski definition) is 1. The Morgan fingerprint density at radius 1 is 1.60 bits per heavy atom. The summed E-state index contributed by atoms with van der Waals surface area (Å²) in [6.45, 7) is 5.61. The molecule has 0 aromatic heterocycles. The van der Waals surface area contributed by atoms with Crippen molar-refractivity contribution < 1.29 is 4.79 Å². The van der Waals surface area contributed by atoms with Crippen molar-refractivity contribution in [3.63, 3.8) is 0 Å². The Hall–Kier alpha value is -0.770. The number of ketones is 1. The summed E-state index contributed by atoms with van der Waals surface area (Å²) < 4.78 is 0. The number of carbonyl (C=O) groups excluding carboxylic acids is 1. The fraction of sp³-hybridized carbons (Fsp3) is 0.667. The highest BCUT2D eigenvalue weighted by Crippen LogP contribution is 2.03. The summed E-state index contributed by atoms with van der Waals surface area (Å²) in [5.41, 5.74) is 0. The number of rotatable bonds is 3. The first kappa shape index (κ1) is 9.23. The van der Waals surface area contributed by atoms with Crippen molar-refractivity contribution in [3.8, 4) is 11.8 Å². The van der Waals surface area contributed by atoms with Gasteiger partial charge in [-0.15, -0.1) is 11.8 Å². The molecular weight excluding hydrogens is 124 g/mol. The maximum atomic E-state index is 10.9. The highest BCUT2D eigenvalue weighted by molar-refractivity contribution is 5.80. The fourth-order valence-corrected chi connectivity index (χ4v) is 0.717. The van der Waals surface area contributed by atoms with Crippen molar-refractivity contribution in [1.82, 2.24) is 0 Å². The minimum atomic E-state index is 0.123. The Kier molecular flexibility index (Phi) is 4.66. The van der Waals surface area contributed by atoms with E-state index < -0.39 is 0 Å². The monoisotopic (exact) mass is 138 g/mol. The molecule has 1 nitrogen and oxygen atoms in total. The SMILES string of the molecule is CC#CCC(C)C(=O)CC. The average Bonchev–Trinajstić information content (AvgIpc) is 1.98. The van der Waals surface area contributed by atoms with Crippen molar-refractivity contribution in [2.24, 2.45) is 5.92 Å². The van der Waals surface area contributed by atoms with E-state index in [4.69, 9.17) is 0 Å². The molecule has 1 heteroatoms. The van der Waals surface area contributed by atoms with Crippen molar-refractivity contribution in [3.05, 3.63) is 0 Å². The Balaban J connectivity index is 3.69. The first-order valence-electron chi connectivity index (χ1n) is 3.64. The molecule has 0 saturated heterocycles. The van der Waals surface area contributed by atoms with Gasteiger partial charge < -0.3 is 0 Å². The number of Topliss-reactive ketones (excluding diaryl/α,β-unsaturated/α-hetero) is 1. The predicted octanol–water partition coefficient (Wildman–Crippen LogP) is 2.02. The van der Waals surface area contributed by atoms with Gasteiger partial charge in [-0.1, -0.05) is 13.8 Å². The molecule has 0 heterocycles. The Morgan fingerprint density at radius 3 is 2.60 bits per heavy atom. The standard InChI is InChI=1S/C9H14O/c1-4-6-7-8(3)9(10)5-2/h8H,5,7H2,1-3H3. The van der Waals surface area contributed by atoms with Crippen molar-refractivity contribution >= 4 is 5.78 Å². The molecule has 10 heavy (non-hydrogen) atoms. The smallest absolute Gasteiger partial charge is 0.136 e. The molecule has 1 unspecified atom stereocenters. The van der Waals surface area contributed by atoms with Gasteiger partial charge >= 0.3 is 0 Å². The van der Waals surface area contributed by atoms with Gasteiger partial charge in [0.05, 0.1) is 0 Å². The average molecular weight is 138 g/mol. The van der Waals surface area contributed by atoms with Gasteiger partial charge in [0.2, 0.25) is 0 Å². The van der Waals surface area contributed by atoms with Gasteiger partial charge in [0.25, 0.3) is 0 Å². The lowest BCUT2D eigenvalue weighted by atomic mass is 10.0. The van der Waals surface area contributed by atoms with Gasteiger partial charge in [0.1, 0.15) is 5.78 Å². The van der Waals surface area contributed by atoms with Crippen LogP contribution in [0.4, 0.5) is 0 Å². The molecule has 0 radical (unpaired) electrons. The predicted molar refractivity (Wildman–Crippen MR) is 42.5 cm³/mol. The third kappa shape index (κ3) is 3.29. The molecule has 0 N–H and O–H groups in total. The number of hydrogen-bond donors (Lipinski definition) is 0. The van der Waals surface area contributed by atoms with E-state index in [-0.39, 0.29) is 5.92 Å². The van der Waals surface area contributed by atoms with E-state index >= 15 is 0 Å². The largest absolute Gasteiger partial charge is 0.299 e. The summed E-state index contributed by atoms with van der Waals surface area (Å²) in [6, 6.07) is 0. The van der Waals surface area contributed by atoms with E-state index in [0.29, 0.717) is 18.6 Å². The van der Waals surface area contributed by atoms with Crippen LogP contribution < -0.4 is 0 Å². The van der Waals surface area contributed by atoms with Crippen molar-refractivity contribution in [2.75, 3.05) is 0 Å². The highest BCUT2D eigenvalue weighted by Gasteiger charge is 2.07. The lowest BCUT2D eigenvalue weighted by molar-refractivity contribution is -0.121. The van der Waals surface area contributed by atoms with E-state index in [1.54, 1.807) is 6.92 Å². The second kappa shape index (κ2) is 5.05. The molecule has 1 atom stereocenters. The van der Waals surface area contributed by atoms with Crippen LogP contribution in [0.5, 0.6) is 0 Å². The van der Waals surface area contributed by atoms with Gasteiger partial charge in [-0.25, -0.2) is 0 Å². The summed E-state index contributed by atoms with van der Waals surface area (Å²) in [5.74, 6) is 6.10. The zero-order valence-corrected chi connectivity index (χ0v) is 6.90. The van der Waals surface area contributed by atoms with Crippen LogP contribution in [0, 0.1) is 17.8 Å². The number of carbonyl (C=O) groups is 1. The lowest BCUT2D eigenvalue weighted by Crippen LogP contribution is -2.07. The summed E-state index contributed by atoms with van der Waals surface area (Å²) in [4.78, 5) is 10.9. The molecule has 0 aliphatic heterocycles. The fourth-order valence-electron chi connectivity index (χ4n) is 0.717. The van der Waals surface area contributed by atoms with Crippen LogP contribution in [0.1, 0.15) is 33.6 Å². The summed E-state index contributed by atoms with van der Waals surface area (Å²) in [7, 11) is 0. The molecule has 0 aliphatic carbocycles. The minimum absolute atomic E-state index is 0.123. The van der Waals surface area contributed by atoms with Gasteiger partial charge in [-0.2, -0.15) is 0 Å². The molecule has 0 amide bonds. The van der Waals surface area contributed by atoms with Gasteiger partial charge in [-0.3, -0.25) is 4.79 Å². The Labute approximate surface area is 62.8 Å². The molecule has 0 spiro atoms. The molecule has 0 aliphatic rings. The Morgan fingerprint density at radius 2 is 2.20 bits per heavy atom. The third-order valence-electron chi connectivity index (χ3n) is 1.48. The van der Waals surface area contributed by atoms with Crippen LogP contribution in [-0.4, -0.2) is 5.78 Å². The molecule has 56 valence electrons. The summed E-state index contributed by atoms with van der Waals surface area (Å²) in [5, 5.41) is 0. The van der Waals surface area contributed by atoms with Crippen LogP contribution in [0.15, 0.2) is 0 Å². The normalized spacial score (nSPS) is 11.5. The molecule has 0 saturated carbocycles. The highest BCUT2D eigenvalue weighted by atomic mass is 16.1. The van der Waals surface area contributed by atoms with E-state index in [9.17, 15) is 4.79 Å². The first-order chi connectivity index (χ1) is 4.72. The molecular formula is C9H14O. The molecule has 0 bridgehead atoms. The van der Waals surface area contributed by atoms with Gasteiger partial charge in [0.15, 0.2) is 0 Å². The topological polar surface area (TPSA) is 17.1 Å². The van der Waals surface area contributed by atoms with Crippen LogP contribution in [0.3, 0.4) is 0 Å². The molecule has 0 aromatic carbocycles. The Bertz CT molecular complexity index is 159. The second-order valence-corrected chi connectivity index (χ2v) is 2.35. The summed E-state index contributed by atoms with van der Waals surface area (Å²) >= 11 is 0. The van der Waals surface area contributed by atoms with Crippen LogP contribution >= 0.6 is 0 Å². The zero-order chi connectivity index (χ0) is 7.98. The molecule has 0 aromatic rings. The van der Waals surface area contributed by atoms with Crippen molar-refractivity contribution in [2.45, 2.75) is 33.6 Å². The summed E-state index contributed by atoms with van der Waals surface area (Å²) in [6.07, 6.45) is 1.34. The zero-order valence-electron chi connectivity index (χ0n) is 6.90. The maximum Gasteiger partial charge on any atom is 0.136 e. The second-order valence-electron chi connectivity index (χ2n) is 2.35. The first-order valence-corrected chi connectivity index (χ1v) is 3.64. The van der Waals surface area contributed by atoms with Crippen LogP contribution in [0.25, 0.3) is 0 Å². The maximum absolute atomic E-state index is 10.9. The van der Waals surface area contributed by atoms with Crippen LogP contribution in [0.2, 0.25) is 0 Å². The van der Waals surface area contributed by atoms with Gasteiger partial charge in [0, 0.05) is 18.8 Å². The van der Waals surface area contributed by atoms with Gasteiger partial charge in [-0.05, 0) is 6.92 Å². The van der Waals surface area contributed by atoms with E-state index in [1.165, 1.54) is 0 Å². The molecule has 0 fully saturated rings. The van der Waals surface area contributed by atoms with E-state index in [2.05, 4.69) is 11.8 Å². The lowest BCUT2D eigenvalue weighted by Gasteiger charge is -2.01. The van der Waals surface area contributed by atoms with Crippen molar-refractivity contribution in [1.29, 1.82) is 0 Å². The van der Waals surface area contributed by atoms with E-state index in [1.807, 2.05) is 13.8 Å². The minimum Gasteiger partial charge on any atom is -0.299 e. The van der Waals surface area contributed by atoms with E-state index in [0.717, 1.165) is 0 Å². The quantitative estimate of drug-likeness (QED) is 0.545. The molecule has 0 rings (SSSR count).